The van der Waals surface area contributed by atoms with Crippen molar-refractivity contribution in [2.24, 2.45) is 11.3 Å². The zero-order valence-corrected chi connectivity index (χ0v) is 10.0. The molecule has 2 aliphatic rings. The van der Waals surface area contributed by atoms with Gasteiger partial charge in [0.1, 0.15) is 0 Å². The van der Waals surface area contributed by atoms with E-state index in [1.807, 2.05) is 0 Å². The molecule has 2 rings (SSSR count). The van der Waals surface area contributed by atoms with Crippen molar-refractivity contribution in [3.8, 4) is 0 Å². The van der Waals surface area contributed by atoms with Crippen molar-refractivity contribution in [2.45, 2.75) is 58.8 Å². The molecule has 84 valence electrons. The van der Waals surface area contributed by atoms with Crippen molar-refractivity contribution < 1.29 is 4.79 Å². The van der Waals surface area contributed by atoms with Crippen molar-refractivity contribution in [1.29, 1.82) is 0 Å². The molecule has 0 aromatic heterocycles. The van der Waals surface area contributed by atoms with Gasteiger partial charge in [0.2, 0.25) is 0 Å². The molecule has 1 saturated carbocycles. The van der Waals surface area contributed by atoms with E-state index in [0.717, 1.165) is 12.8 Å². The first-order valence-electron chi connectivity index (χ1n) is 6.34. The number of ketones is 1. The molecular formula is C14H22O. The van der Waals surface area contributed by atoms with Crippen molar-refractivity contribution >= 4 is 5.78 Å². The lowest BCUT2D eigenvalue weighted by Crippen LogP contribution is -2.25. The SMILES string of the molecule is CC1(C)C=C(C2CCCCC2)C(=O)CC1. The van der Waals surface area contributed by atoms with Gasteiger partial charge in [0.05, 0.1) is 0 Å². The minimum Gasteiger partial charge on any atom is -0.295 e. The second-order valence-electron chi connectivity index (χ2n) is 5.85. The molecule has 0 bridgehead atoms. The zero-order valence-electron chi connectivity index (χ0n) is 10.0. The molecule has 0 spiro atoms. The Bertz CT molecular complexity index is 280. The van der Waals surface area contributed by atoms with E-state index in [4.69, 9.17) is 0 Å². The number of hydrogen-bond donors (Lipinski definition) is 0. The molecule has 0 saturated heterocycles. The fourth-order valence-corrected chi connectivity index (χ4v) is 2.91. The van der Waals surface area contributed by atoms with E-state index < -0.39 is 0 Å². The maximum absolute atomic E-state index is 11.9. The summed E-state index contributed by atoms with van der Waals surface area (Å²) in [4.78, 5) is 11.9. The van der Waals surface area contributed by atoms with Gasteiger partial charge in [0, 0.05) is 6.42 Å². The number of carbonyl (C=O) groups excluding carboxylic acids is 1. The Balaban J connectivity index is 2.17. The summed E-state index contributed by atoms with van der Waals surface area (Å²) in [5, 5.41) is 0. The Morgan fingerprint density at radius 2 is 1.87 bits per heavy atom. The molecule has 0 heterocycles. The first-order valence-corrected chi connectivity index (χ1v) is 6.34. The third-order valence-electron chi connectivity index (χ3n) is 3.91. The molecule has 0 aromatic carbocycles. The lowest BCUT2D eigenvalue weighted by molar-refractivity contribution is -0.117. The van der Waals surface area contributed by atoms with Gasteiger partial charge in [-0.2, -0.15) is 0 Å². The second-order valence-corrected chi connectivity index (χ2v) is 5.85. The molecule has 0 N–H and O–H groups in total. The van der Waals surface area contributed by atoms with E-state index >= 15 is 0 Å². The van der Waals surface area contributed by atoms with Crippen LogP contribution in [0.25, 0.3) is 0 Å². The van der Waals surface area contributed by atoms with E-state index in [9.17, 15) is 4.79 Å². The second kappa shape index (κ2) is 4.11. The molecule has 0 radical (unpaired) electrons. The lowest BCUT2D eigenvalue weighted by atomic mass is 9.72. The summed E-state index contributed by atoms with van der Waals surface area (Å²) in [5.74, 6) is 1.02. The standard InChI is InChI=1S/C14H22O/c1-14(2)9-8-13(15)12(10-14)11-6-4-3-5-7-11/h10-11H,3-9H2,1-2H3. The summed E-state index contributed by atoms with van der Waals surface area (Å²) in [6, 6.07) is 0. The van der Waals surface area contributed by atoms with Crippen LogP contribution in [0.1, 0.15) is 58.8 Å². The van der Waals surface area contributed by atoms with Gasteiger partial charge in [-0.1, -0.05) is 39.2 Å². The average molecular weight is 206 g/mol. The molecule has 0 aromatic rings. The van der Waals surface area contributed by atoms with Crippen LogP contribution >= 0.6 is 0 Å². The highest BCUT2D eigenvalue weighted by molar-refractivity contribution is 5.96. The van der Waals surface area contributed by atoms with Gasteiger partial charge in [-0.05, 0) is 36.2 Å². The fourth-order valence-electron chi connectivity index (χ4n) is 2.91. The van der Waals surface area contributed by atoms with Crippen molar-refractivity contribution in [1.82, 2.24) is 0 Å². The normalized spacial score (nSPS) is 27.6. The van der Waals surface area contributed by atoms with Crippen LogP contribution in [0.3, 0.4) is 0 Å². The van der Waals surface area contributed by atoms with Gasteiger partial charge in [0.25, 0.3) is 0 Å². The highest BCUT2D eigenvalue weighted by Gasteiger charge is 2.30. The van der Waals surface area contributed by atoms with Gasteiger partial charge in [-0.3, -0.25) is 4.79 Å². The predicted octanol–water partition coefficient (Wildman–Crippen LogP) is 3.88. The maximum Gasteiger partial charge on any atom is 0.158 e. The van der Waals surface area contributed by atoms with Crippen LogP contribution in [0.2, 0.25) is 0 Å². The topological polar surface area (TPSA) is 17.1 Å². The Morgan fingerprint density at radius 3 is 2.53 bits per heavy atom. The fraction of sp³-hybridized carbons (Fsp3) is 0.786. The van der Waals surface area contributed by atoms with Crippen molar-refractivity contribution in [2.75, 3.05) is 0 Å². The van der Waals surface area contributed by atoms with Gasteiger partial charge in [0.15, 0.2) is 5.78 Å². The van der Waals surface area contributed by atoms with Gasteiger partial charge in [-0.15, -0.1) is 0 Å². The third-order valence-corrected chi connectivity index (χ3v) is 3.91. The maximum atomic E-state index is 11.9. The molecule has 0 amide bonds. The largest absolute Gasteiger partial charge is 0.295 e. The molecule has 1 fully saturated rings. The lowest BCUT2D eigenvalue weighted by Gasteiger charge is -2.32. The number of Topliss-reactive ketones (excluding diaryl/α,β-unsaturated/α-hetero) is 1. The highest BCUT2D eigenvalue weighted by Crippen LogP contribution is 2.38. The molecular weight excluding hydrogens is 184 g/mol. The Kier molecular flexibility index (Phi) is 2.99. The quantitative estimate of drug-likeness (QED) is 0.636. The molecule has 0 unspecified atom stereocenters. The Labute approximate surface area is 92.9 Å². The number of hydrogen-bond acceptors (Lipinski definition) is 1. The van der Waals surface area contributed by atoms with Gasteiger partial charge in [-0.25, -0.2) is 0 Å². The predicted molar refractivity (Wildman–Crippen MR) is 62.7 cm³/mol. The van der Waals surface area contributed by atoms with Crippen molar-refractivity contribution in [3.63, 3.8) is 0 Å². The molecule has 0 atom stereocenters. The summed E-state index contributed by atoms with van der Waals surface area (Å²) >= 11 is 0. The van der Waals surface area contributed by atoms with Gasteiger partial charge >= 0.3 is 0 Å². The summed E-state index contributed by atoms with van der Waals surface area (Å²) in [5.41, 5.74) is 1.42. The molecule has 15 heavy (non-hydrogen) atoms. The van der Waals surface area contributed by atoms with E-state index in [-0.39, 0.29) is 5.41 Å². The minimum atomic E-state index is 0.251. The Hall–Kier alpha value is -0.590. The molecule has 1 heteroatoms. The average Bonchev–Trinajstić information content (AvgIpc) is 2.23. The van der Waals surface area contributed by atoms with Crippen molar-refractivity contribution in [3.05, 3.63) is 11.6 Å². The monoisotopic (exact) mass is 206 g/mol. The van der Waals surface area contributed by atoms with Crippen LogP contribution in [-0.2, 0) is 4.79 Å². The number of carbonyl (C=O) groups is 1. The summed E-state index contributed by atoms with van der Waals surface area (Å²) in [6.45, 7) is 4.50. The number of allylic oxidation sites excluding steroid dienone is 2. The van der Waals surface area contributed by atoms with E-state index in [1.54, 1.807) is 0 Å². The molecule has 0 aliphatic heterocycles. The van der Waals surface area contributed by atoms with Crippen LogP contribution in [0.5, 0.6) is 0 Å². The Morgan fingerprint density at radius 1 is 1.20 bits per heavy atom. The van der Waals surface area contributed by atoms with E-state index in [1.165, 1.54) is 37.7 Å². The number of rotatable bonds is 1. The summed E-state index contributed by atoms with van der Waals surface area (Å²) in [6.07, 6.45) is 10.6. The molecule has 1 nitrogen and oxygen atoms in total. The minimum absolute atomic E-state index is 0.251. The molecule has 2 aliphatic carbocycles. The van der Waals surface area contributed by atoms with Crippen LogP contribution < -0.4 is 0 Å². The zero-order chi connectivity index (χ0) is 10.9. The first kappa shape index (κ1) is 10.9. The van der Waals surface area contributed by atoms with E-state index in [0.29, 0.717) is 11.7 Å². The van der Waals surface area contributed by atoms with Gasteiger partial charge < -0.3 is 0 Å². The summed E-state index contributed by atoms with van der Waals surface area (Å²) < 4.78 is 0. The van der Waals surface area contributed by atoms with E-state index in [2.05, 4.69) is 19.9 Å². The van der Waals surface area contributed by atoms with Crippen LogP contribution in [0.15, 0.2) is 11.6 Å². The highest BCUT2D eigenvalue weighted by atomic mass is 16.1. The smallest absolute Gasteiger partial charge is 0.158 e. The van der Waals surface area contributed by atoms with Crippen LogP contribution in [-0.4, -0.2) is 5.78 Å². The van der Waals surface area contributed by atoms with Crippen LogP contribution in [0, 0.1) is 11.3 Å². The summed E-state index contributed by atoms with van der Waals surface area (Å²) in [7, 11) is 0. The third kappa shape index (κ3) is 2.50. The van der Waals surface area contributed by atoms with Crippen LogP contribution in [0.4, 0.5) is 0 Å². The first-order chi connectivity index (χ1) is 7.08.